The van der Waals surface area contributed by atoms with E-state index in [0.29, 0.717) is 13.2 Å². The summed E-state index contributed by atoms with van der Waals surface area (Å²) in [4.78, 5) is 13.3. The van der Waals surface area contributed by atoms with Crippen LogP contribution in [0.25, 0.3) is 0 Å². The Labute approximate surface area is 125 Å². The Hall–Kier alpha value is -1.59. The summed E-state index contributed by atoms with van der Waals surface area (Å²) in [5.41, 5.74) is 0.407. The Morgan fingerprint density at radius 3 is 2.76 bits per heavy atom. The van der Waals surface area contributed by atoms with Crippen LogP contribution in [0, 0.1) is 5.92 Å². The number of para-hydroxylation sites is 1. The number of fused-ring (bicyclic) bond motifs is 1. The van der Waals surface area contributed by atoms with Crippen molar-refractivity contribution < 1.29 is 9.57 Å². The number of nitrogens with zero attached hydrogens (tertiary/aromatic N) is 3. The predicted molar refractivity (Wildman–Crippen MR) is 80.1 cm³/mol. The van der Waals surface area contributed by atoms with Crippen LogP contribution >= 0.6 is 0 Å². The van der Waals surface area contributed by atoms with E-state index in [1.54, 1.807) is 0 Å². The van der Waals surface area contributed by atoms with Gasteiger partial charge in [0.05, 0.1) is 19.1 Å². The molecule has 1 aromatic rings. The fraction of sp³-hybridized carbons (Fsp3) is 0.562. The van der Waals surface area contributed by atoms with Crippen LogP contribution in [-0.4, -0.2) is 48.6 Å². The van der Waals surface area contributed by atoms with E-state index in [2.05, 4.69) is 29.9 Å². The third kappa shape index (κ3) is 1.45. The number of ether oxygens (including phenoxy) is 1. The Bertz CT molecular complexity index is 626. The van der Waals surface area contributed by atoms with Crippen molar-refractivity contribution in [1.29, 1.82) is 0 Å². The van der Waals surface area contributed by atoms with Crippen LogP contribution in [-0.2, 0) is 10.5 Å². The molecule has 0 amide bonds. The molecule has 112 valence electrons. The van der Waals surface area contributed by atoms with Crippen LogP contribution in [0.2, 0.25) is 0 Å². The monoisotopic (exact) mass is 287 g/mol. The fourth-order valence-corrected chi connectivity index (χ4v) is 3.95. The maximum atomic E-state index is 6.08. The quantitative estimate of drug-likeness (QED) is 0.730. The van der Waals surface area contributed by atoms with Crippen molar-refractivity contribution in [2.24, 2.45) is 10.9 Å². The average Bonchev–Trinajstić information content (AvgIpc) is 2.93. The Morgan fingerprint density at radius 2 is 2.00 bits per heavy atom. The molecule has 5 nitrogen and oxygen atoms in total. The molecule has 2 atom stereocenters. The van der Waals surface area contributed by atoms with Crippen LogP contribution in [0.3, 0.4) is 0 Å². The topological polar surface area (TPSA) is 37.3 Å². The summed E-state index contributed by atoms with van der Waals surface area (Å²) in [6.45, 7) is 5.64. The molecule has 0 radical (unpaired) electrons. The molecular formula is C16H21N3O2. The molecule has 1 saturated heterocycles. The first-order valence-corrected chi connectivity index (χ1v) is 7.41. The zero-order chi connectivity index (χ0) is 14.8. The van der Waals surface area contributed by atoms with Gasteiger partial charge in [0.1, 0.15) is 17.1 Å². The molecular weight excluding hydrogens is 266 g/mol. The highest BCUT2D eigenvalue weighted by Crippen LogP contribution is 2.55. The van der Waals surface area contributed by atoms with Crippen molar-refractivity contribution in [3.8, 4) is 5.75 Å². The SMILES string of the molecule is CN(C)C1=NC23c4ccccc4OCC2CON3C1(C)C. The van der Waals surface area contributed by atoms with E-state index in [-0.39, 0.29) is 11.5 Å². The van der Waals surface area contributed by atoms with E-state index >= 15 is 0 Å². The Balaban J connectivity index is 1.97. The largest absolute Gasteiger partial charge is 0.493 e. The predicted octanol–water partition coefficient (Wildman–Crippen LogP) is 1.85. The highest BCUT2D eigenvalue weighted by Gasteiger charge is 2.65. The Kier molecular flexibility index (Phi) is 2.49. The van der Waals surface area contributed by atoms with E-state index < -0.39 is 5.66 Å². The lowest BCUT2D eigenvalue weighted by atomic mass is 9.85. The smallest absolute Gasteiger partial charge is 0.175 e. The number of likely N-dealkylation sites (N-methyl/N-ethyl adjacent to an activating group) is 1. The molecule has 1 aromatic carbocycles. The second-order valence-electron chi connectivity index (χ2n) is 6.71. The van der Waals surface area contributed by atoms with Gasteiger partial charge in [0.25, 0.3) is 0 Å². The fourth-order valence-electron chi connectivity index (χ4n) is 3.95. The molecule has 1 spiro atoms. The maximum absolute atomic E-state index is 6.08. The maximum Gasteiger partial charge on any atom is 0.175 e. The number of benzene rings is 1. The van der Waals surface area contributed by atoms with E-state index in [4.69, 9.17) is 14.6 Å². The van der Waals surface area contributed by atoms with Gasteiger partial charge in [0.15, 0.2) is 5.66 Å². The summed E-state index contributed by atoms with van der Waals surface area (Å²) in [7, 11) is 4.08. The van der Waals surface area contributed by atoms with Crippen molar-refractivity contribution in [2.45, 2.75) is 25.0 Å². The molecule has 0 aromatic heterocycles. The molecule has 5 heteroatoms. The summed E-state index contributed by atoms with van der Waals surface area (Å²) in [5, 5.41) is 2.08. The highest BCUT2D eigenvalue weighted by atomic mass is 16.7. The molecule has 21 heavy (non-hydrogen) atoms. The molecule has 0 bridgehead atoms. The first-order chi connectivity index (χ1) is 9.98. The molecule has 0 aliphatic carbocycles. The molecule has 2 unspecified atom stereocenters. The van der Waals surface area contributed by atoms with Gasteiger partial charge in [-0.25, -0.2) is 4.99 Å². The van der Waals surface area contributed by atoms with Crippen LogP contribution in [0.5, 0.6) is 5.75 Å². The van der Waals surface area contributed by atoms with Crippen LogP contribution < -0.4 is 4.74 Å². The van der Waals surface area contributed by atoms with Gasteiger partial charge in [-0.3, -0.25) is 4.84 Å². The molecule has 0 N–H and O–H groups in total. The first kappa shape index (κ1) is 13.1. The minimum absolute atomic E-state index is 0.226. The van der Waals surface area contributed by atoms with Gasteiger partial charge >= 0.3 is 0 Å². The second kappa shape index (κ2) is 3.99. The van der Waals surface area contributed by atoms with E-state index in [1.165, 1.54) is 0 Å². The molecule has 4 rings (SSSR count). The summed E-state index contributed by atoms with van der Waals surface area (Å²) in [5.74, 6) is 2.19. The zero-order valence-corrected chi connectivity index (χ0v) is 13.0. The van der Waals surface area contributed by atoms with Crippen molar-refractivity contribution in [2.75, 3.05) is 27.3 Å². The minimum atomic E-state index is -0.446. The lowest BCUT2D eigenvalue weighted by Crippen LogP contribution is -2.54. The van der Waals surface area contributed by atoms with Crippen molar-refractivity contribution in [3.05, 3.63) is 29.8 Å². The van der Waals surface area contributed by atoms with Gasteiger partial charge in [-0.05, 0) is 19.9 Å². The van der Waals surface area contributed by atoms with Crippen LogP contribution in [0.15, 0.2) is 29.3 Å². The number of rotatable bonds is 0. The molecule has 3 aliphatic rings. The molecule has 0 saturated carbocycles. The summed E-state index contributed by atoms with van der Waals surface area (Å²) >= 11 is 0. The van der Waals surface area contributed by atoms with E-state index in [0.717, 1.165) is 17.1 Å². The second-order valence-corrected chi connectivity index (χ2v) is 6.71. The van der Waals surface area contributed by atoms with Gasteiger partial charge in [-0.15, -0.1) is 5.06 Å². The van der Waals surface area contributed by atoms with Gasteiger partial charge in [0, 0.05) is 19.7 Å². The number of hydrogen-bond acceptors (Lipinski definition) is 5. The number of amidine groups is 1. The summed E-state index contributed by atoms with van der Waals surface area (Å²) in [6.07, 6.45) is 0. The third-order valence-electron chi connectivity index (χ3n) is 4.76. The summed E-state index contributed by atoms with van der Waals surface area (Å²) in [6, 6.07) is 8.19. The van der Waals surface area contributed by atoms with Gasteiger partial charge in [-0.1, -0.05) is 18.2 Å². The average molecular weight is 287 g/mol. The number of hydroxylamine groups is 2. The zero-order valence-electron chi connectivity index (χ0n) is 13.0. The van der Waals surface area contributed by atoms with Gasteiger partial charge < -0.3 is 9.64 Å². The Morgan fingerprint density at radius 1 is 1.24 bits per heavy atom. The van der Waals surface area contributed by atoms with E-state index in [9.17, 15) is 0 Å². The third-order valence-corrected chi connectivity index (χ3v) is 4.76. The lowest BCUT2D eigenvalue weighted by Gasteiger charge is -2.41. The van der Waals surface area contributed by atoms with Gasteiger partial charge in [-0.2, -0.15) is 0 Å². The number of aliphatic imine (C=N–C) groups is 1. The highest BCUT2D eigenvalue weighted by molar-refractivity contribution is 5.93. The first-order valence-electron chi connectivity index (χ1n) is 7.41. The molecule has 3 heterocycles. The van der Waals surface area contributed by atoms with Crippen LogP contribution in [0.4, 0.5) is 0 Å². The van der Waals surface area contributed by atoms with Crippen molar-refractivity contribution >= 4 is 5.84 Å². The molecule has 3 aliphatic heterocycles. The van der Waals surface area contributed by atoms with Gasteiger partial charge in [0.2, 0.25) is 0 Å². The summed E-state index contributed by atoms with van der Waals surface area (Å²) < 4.78 is 5.91. The van der Waals surface area contributed by atoms with E-state index in [1.807, 2.05) is 32.3 Å². The normalized spacial score (nSPS) is 32.8. The minimum Gasteiger partial charge on any atom is -0.493 e. The standard InChI is InChI=1S/C16H21N3O2/c1-15(2)14(18(3)4)17-16-11(10-21-19(15)16)9-20-13-8-6-5-7-12(13)16/h5-8,11H,9-10H2,1-4H3. The van der Waals surface area contributed by atoms with Crippen molar-refractivity contribution in [1.82, 2.24) is 9.96 Å². The number of hydrogen-bond donors (Lipinski definition) is 0. The lowest BCUT2D eigenvalue weighted by molar-refractivity contribution is -0.197. The van der Waals surface area contributed by atoms with Crippen LogP contribution in [0.1, 0.15) is 19.4 Å². The van der Waals surface area contributed by atoms with Crippen molar-refractivity contribution in [3.63, 3.8) is 0 Å². The molecule has 1 fully saturated rings.